The van der Waals surface area contributed by atoms with E-state index in [1.807, 2.05) is 11.0 Å². The number of carbonyl (C=O) groups excluding carboxylic acids is 1. The predicted octanol–water partition coefficient (Wildman–Crippen LogP) is 4.20. The Bertz CT molecular complexity index is 933. The Morgan fingerprint density at radius 1 is 1.04 bits per heavy atom. The van der Waals surface area contributed by atoms with Gasteiger partial charge in [0.2, 0.25) is 0 Å². The molecule has 4 rings (SSSR count). The smallest absolute Gasteiger partial charge is 0.254 e. The first-order valence-electron chi connectivity index (χ1n) is 9.28. The molecule has 1 N–H and O–H groups in total. The van der Waals surface area contributed by atoms with Crippen molar-refractivity contribution in [3.63, 3.8) is 0 Å². The lowest BCUT2D eigenvalue weighted by molar-refractivity contribution is 0.0712. The molecular formula is C22H24N2O3. The van der Waals surface area contributed by atoms with Gasteiger partial charge in [-0.15, -0.1) is 0 Å². The van der Waals surface area contributed by atoms with E-state index in [2.05, 4.69) is 29.4 Å². The Balaban J connectivity index is 1.48. The normalized spacial score (nSPS) is 15.1. The number of hydrogen-bond acceptors (Lipinski definition) is 3. The number of amides is 1. The summed E-state index contributed by atoms with van der Waals surface area (Å²) < 4.78 is 10.6. The third-order valence-electron chi connectivity index (χ3n) is 5.44. The summed E-state index contributed by atoms with van der Waals surface area (Å²) in [6, 6.07) is 13.7. The number of methoxy groups -OCH3 is 2. The highest BCUT2D eigenvalue weighted by Crippen LogP contribution is 2.34. The van der Waals surface area contributed by atoms with E-state index >= 15 is 0 Å². The minimum Gasteiger partial charge on any atom is -0.497 e. The number of fused-ring (bicyclic) bond motifs is 1. The Morgan fingerprint density at radius 2 is 1.70 bits per heavy atom. The Morgan fingerprint density at radius 3 is 2.37 bits per heavy atom. The Kier molecular flexibility index (Phi) is 4.75. The van der Waals surface area contributed by atoms with Gasteiger partial charge in [-0.1, -0.05) is 18.2 Å². The second-order valence-corrected chi connectivity index (χ2v) is 6.96. The zero-order valence-electron chi connectivity index (χ0n) is 15.7. The summed E-state index contributed by atoms with van der Waals surface area (Å²) >= 11 is 0. The van der Waals surface area contributed by atoms with Crippen LogP contribution >= 0.6 is 0 Å². The first-order chi connectivity index (χ1) is 13.2. The van der Waals surface area contributed by atoms with Crippen molar-refractivity contribution < 1.29 is 14.3 Å². The summed E-state index contributed by atoms with van der Waals surface area (Å²) in [6.45, 7) is 1.51. The van der Waals surface area contributed by atoms with E-state index < -0.39 is 0 Å². The number of rotatable bonds is 4. The van der Waals surface area contributed by atoms with Crippen LogP contribution in [0.3, 0.4) is 0 Å². The molecule has 140 valence electrons. The molecule has 5 nitrogen and oxygen atoms in total. The predicted molar refractivity (Wildman–Crippen MR) is 106 cm³/mol. The first kappa shape index (κ1) is 17.5. The van der Waals surface area contributed by atoms with Crippen molar-refractivity contribution in [1.82, 2.24) is 9.88 Å². The highest BCUT2D eigenvalue weighted by molar-refractivity contribution is 5.95. The molecule has 0 saturated carbocycles. The van der Waals surface area contributed by atoms with Gasteiger partial charge >= 0.3 is 0 Å². The second kappa shape index (κ2) is 7.35. The number of aromatic amines is 1. The largest absolute Gasteiger partial charge is 0.497 e. The average molecular weight is 364 g/mol. The number of piperidine rings is 1. The molecular weight excluding hydrogens is 340 g/mol. The Labute approximate surface area is 158 Å². The van der Waals surface area contributed by atoms with E-state index in [9.17, 15) is 4.79 Å². The van der Waals surface area contributed by atoms with Crippen LogP contribution in [0.4, 0.5) is 0 Å². The summed E-state index contributed by atoms with van der Waals surface area (Å²) in [4.78, 5) is 18.2. The number of H-pyrrole nitrogens is 1. The topological polar surface area (TPSA) is 54.6 Å². The summed E-state index contributed by atoms with van der Waals surface area (Å²) in [6.07, 6.45) is 4.06. The Hall–Kier alpha value is -2.95. The van der Waals surface area contributed by atoms with E-state index in [0.29, 0.717) is 23.0 Å². The maximum Gasteiger partial charge on any atom is 0.254 e. The molecule has 0 bridgehead atoms. The number of para-hydroxylation sites is 1. The third kappa shape index (κ3) is 3.37. The van der Waals surface area contributed by atoms with Crippen LogP contribution in [0.2, 0.25) is 0 Å². The quantitative estimate of drug-likeness (QED) is 0.755. The lowest BCUT2D eigenvalue weighted by atomic mass is 9.89. The molecule has 0 unspecified atom stereocenters. The maximum absolute atomic E-state index is 13.0. The summed E-state index contributed by atoms with van der Waals surface area (Å²) in [7, 11) is 3.19. The number of nitrogens with one attached hydrogen (secondary N) is 1. The minimum atomic E-state index is 0.0320. The standard InChI is InChI=1S/C22H24N2O3/c1-26-17-11-16(12-18(13-17)27-2)22(25)24-9-7-15(8-10-24)20-14-23-21-6-4-3-5-19(20)21/h3-6,11-15,23H,7-10H2,1-2H3. The van der Waals surface area contributed by atoms with E-state index in [1.54, 1.807) is 32.4 Å². The number of aromatic nitrogens is 1. The fraction of sp³-hybridized carbons (Fsp3) is 0.318. The van der Waals surface area contributed by atoms with Crippen molar-refractivity contribution in [2.24, 2.45) is 0 Å². The van der Waals surface area contributed by atoms with Gasteiger partial charge < -0.3 is 19.4 Å². The van der Waals surface area contributed by atoms with Gasteiger partial charge in [-0.25, -0.2) is 0 Å². The number of benzene rings is 2. The second-order valence-electron chi connectivity index (χ2n) is 6.96. The van der Waals surface area contributed by atoms with E-state index in [1.165, 1.54) is 16.5 Å². The van der Waals surface area contributed by atoms with E-state index in [4.69, 9.17) is 9.47 Å². The molecule has 0 radical (unpaired) electrons. The molecule has 0 aliphatic carbocycles. The molecule has 1 aromatic heterocycles. The molecule has 0 spiro atoms. The number of nitrogens with zero attached hydrogens (tertiary/aromatic N) is 1. The van der Waals surface area contributed by atoms with Crippen LogP contribution in [0.15, 0.2) is 48.7 Å². The molecule has 1 aliphatic heterocycles. The van der Waals surface area contributed by atoms with Crippen LogP contribution in [-0.2, 0) is 0 Å². The molecule has 1 fully saturated rings. The third-order valence-corrected chi connectivity index (χ3v) is 5.44. The van der Waals surface area contributed by atoms with Gasteiger partial charge in [0.15, 0.2) is 0 Å². The van der Waals surface area contributed by atoms with Gasteiger partial charge in [-0.3, -0.25) is 4.79 Å². The first-order valence-corrected chi connectivity index (χ1v) is 9.28. The lowest BCUT2D eigenvalue weighted by Gasteiger charge is -2.32. The van der Waals surface area contributed by atoms with Gasteiger partial charge in [0.25, 0.3) is 5.91 Å². The number of likely N-dealkylation sites (tertiary alicyclic amines) is 1. The molecule has 2 heterocycles. The fourth-order valence-corrected chi connectivity index (χ4v) is 3.94. The van der Waals surface area contributed by atoms with Crippen LogP contribution in [0, 0.1) is 0 Å². The SMILES string of the molecule is COc1cc(OC)cc(C(=O)N2CCC(c3c[nH]c4ccccc34)CC2)c1. The molecule has 1 amide bonds. The van der Waals surface area contributed by atoms with Crippen molar-refractivity contribution in [3.05, 3.63) is 59.8 Å². The molecule has 27 heavy (non-hydrogen) atoms. The fourth-order valence-electron chi connectivity index (χ4n) is 3.94. The van der Waals surface area contributed by atoms with Gasteiger partial charge in [-0.05, 0) is 42.5 Å². The van der Waals surface area contributed by atoms with Crippen molar-refractivity contribution in [3.8, 4) is 11.5 Å². The van der Waals surface area contributed by atoms with Crippen molar-refractivity contribution >= 4 is 16.8 Å². The molecule has 1 aliphatic rings. The summed E-state index contributed by atoms with van der Waals surface area (Å²) in [5.41, 5.74) is 3.15. The van der Waals surface area contributed by atoms with Crippen LogP contribution in [0.5, 0.6) is 11.5 Å². The zero-order valence-corrected chi connectivity index (χ0v) is 15.7. The van der Waals surface area contributed by atoms with Crippen LogP contribution < -0.4 is 9.47 Å². The molecule has 5 heteroatoms. The van der Waals surface area contributed by atoms with Crippen LogP contribution in [0.1, 0.15) is 34.7 Å². The highest BCUT2D eigenvalue weighted by atomic mass is 16.5. The van der Waals surface area contributed by atoms with E-state index in [0.717, 1.165) is 25.9 Å². The molecule has 0 atom stereocenters. The monoisotopic (exact) mass is 364 g/mol. The summed E-state index contributed by atoms with van der Waals surface area (Å²) in [5, 5.41) is 1.29. The molecule has 3 aromatic rings. The molecule has 1 saturated heterocycles. The number of ether oxygens (including phenoxy) is 2. The van der Waals surface area contributed by atoms with Gasteiger partial charge in [0.05, 0.1) is 14.2 Å². The van der Waals surface area contributed by atoms with E-state index in [-0.39, 0.29) is 5.91 Å². The van der Waals surface area contributed by atoms with Gasteiger partial charge in [0.1, 0.15) is 11.5 Å². The van der Waals surface area contributed by atoms with Crippen molar-refractivity contribution in [2.45, 2.75) is 18.8 Å². The van der Waals surface area contributed by atoms with Gasteiger partial charge in [-0.2, -0.15) is 0 Å². The van der Waals surface area contributed by atoms with Crippen LogP contribution in [-0.4, -0.2) is 43.1 Å². The number of carbonyl (C=O) groups is 1. The minimum absolute atomic E-state index is 0.0320. The molecule has 2 aromatic carbocycles. The summed E-state index contributed by atoms with van der Waals surface area (Å²) in [5.74, 6) is 1.77. The number of hydrogen-bond donors (Lipinski definition) is 1. The lowest BCUT2D eigenvalue weighted by Crippen LogP contribution is -2.37. The van der Waals surface area contributed by atoms with Crippen molar-refractivity contribution in [2.75, 3.05) is 27.3 Å². The van der Waals surface area contributed by atoms with Crippen LogP contribution in [0.25, 0.3) is 10.9 Å². The average Bonchev–Trinajstić information content (AvgIpc) is 3.17. The van der Waals surface area contributed by atoms with Gasteiger partial charge in [0, 0.05) is 41.8 Å². The maximum atomic E-state index is 13.0. The zero-order chi connectivity index (χ0) is 18.8. The van der Waals surface area contributed by atoms with Crippen molar-refractivity contribution in [1.29, 1.82) is 0 Å². The highest BCUT2D eigenvalue weighted by Gasteiger charge is 2.26.